The molecule has 4 nitrogen and oxygen atoms in total. The van der Waals surface area contributed by atoms with Crippen LogP contribution in [0.1, 0.15) is 80.6 Å². The number of hydrogen-bond donors (Lipinski definition) is 0. The van der Waals surface area contributed by atoms with Gasteiger partial charge in [-0.25, -0.2) is 0 Å². The molecule has 3 unspecified atom stereocenters. The first-order valence-corrected chi connectivity index (χ1v) is 12.6. The summed E-state index contributed by atoms with van der Waals surface area (Å²) in [5.41, 5.74) is 1.43. The van der Waals surface area contributed by atoms with Gasteiger partial charge in [0.2, 0.25) is 0 Å². The summed E-state index contributed by atoms with van der Waals surface area (Å²) < 4.78 is 4.69. The van der Waals surface area contributed by atoms with Crippen molar-refractivity contribution in [2.24, 2.45) is 23.7 Å². The highest BCUT2D eigenvalue weighted by molar-refractivity contribution is 5.54. The molecule has 4 heteroatoms. The zero-order chi connectivity index (χ0) is 23.1. The molecule has 4 aliphatic rings. The van der Waals surface area contributed by atoms with Crippen molar-refractivity contribution in [3.8, 4) is 0 Å². The minimum atomic E-state index is 0.213. The highest BCUT2D eigenvalue weighted by Crippen LogP contribution is 2.37. The average Bonchev–Trinajstić information content (AvgIpc) is 3.20. The number of carbonyl (C=O) groups excluding carboxylic acids is 1. The zero-order valence-corrected chi connectivity index (χ0v) is 21.5. The molecule has 3 saturated heterocycles. The molecule has 0 bridgehead atoms. The van der Waals surface area contributed by atoms with Crippen molar-refractivity contribution in [2.45, 2.75) is 86.6 Å². The van der Waals surface area contributed by atoms with Gasteiger partial charge in [0, 0.05) is 24.8 Å². The van der Waals surface area contributed by atoms with Crippen LogP contribution in [-0.2, 0) is 9.53 Å². The van der Waals surface area contributed by atoms with Crippen LogP contribution in [0.25, 0.3) is 0 Å². The van der Waals surface area contributed by atoms with Crippen molar-refractivity contribution in [3.05, 3.63) is 12.3 Å². The third-order valence-electron chi connectivity index (χ3n) is 6.21. The molecule has 0 spiro atoms. The quantitative estimate of drug-likeness (QED) is 0.530. The molecule has 3 atom stereocenters. The molecule has 178 valence electrons. The SMILES string of the molecule is C=C(C1CCC1)N1CC(C)CC1C.CC.CC.CC1CCN(C)C1.O=CC1COC1. The molecule has 0 amide bonds. The Bertz CT molecular complexity index is 438. The predicted octanol–water partition coefficient (Wildman–Crippen LogP) is 5.87. The molecule has 4 rings (SSSR count). The number of rotatable bonds is 3. The fourth-order valence-corrected chi connectivity index (χ4v) is 4.16. The van der Waals surface area contributed by atoms with Gasteiger partial charge in [0.1, 0.15) is 6.29 Å². The molecule has 1 aliphatic carbocycles. The largest absolute Gasteiger partial charge is 0.380 e. The zero-order valence-electron chi connectivity index (χ0n) is 21.5. The van der Waals surface area contributed by atoms with E-state index in [9.17, 15) is 4.79 Å². The van der Waals surface area contributed by atoms with Crippen molar-refractivity contribution in [1.82, 2.24) is 9.80 Å². The van der Waals surface area contributed by atoms with Crippen molar-refractivity contribution in [1.29, 1.82) is 0 Å². The maximum atomic E-state index is 9.71. The van der Waals surface area contributed by atoms with Gasteiger partial charge in [0.25, 0.3) is 0 Å². The molecular formula is C26H52N2O2. The molecule has 0 aromatic heterocycles. The summed E-state index contributed by atoms with van der Waals surface area (Å²) in [6, 6.07) is 0.739. The summed E-state index contributed by atoms with van der Waals surface area (Å²) in [5, 5.41) is 0. The molecule has 4 fully saturated rings. The number of allylic oxidation sites excluding steroid dienone is 1. The van der Waals surface area contributed by atoms with Crippen LogP contribution < -0.4 is 0 Å². The van der Waals surface area contributed by atoms with Crippen LogP contribution in [0.2, 0.25) is 0 Å². The first kappa shape index (κ1) is 29.1. The van der Waals surface area contributed by atoms with Crippen LogP contribution in [0.15, 0.2) is 12.3 Å². The van der Waals surface area contributed by atoms with Crippen molar-refractivity contribution >= 4 is 6.29 Å². The number of hydrogen-bond acceptors (Lipinski definition) is 4. The smallest absolute Gasteiger partial charge is 0.127 e. The molecule has 3 aliphatic heterocycles. The molecule has 0 aromatic rings. The Morgan fingerprint density at radius 1 is 0.967 bits per heavy atom. The highest BCUT2D eigenvalue weighted by Gasteiger charge is 2.31. The van der Waals surface area contributed by atoms with Crippen molar-refractivity contribution in [2.75, 3.05) is 39.9 Å². The molecule has 1 saturated carbocycles. The fraction of sp³-hybridized carbons (Fsp3) is 0.885. The lowest BCUT2D eigenvalue weighted by molar-refractivity contribution is -0.123. The van der Waals surface area contributed by atoms with Gasteiger partial charge in [-0.1, -0.05) is 54.5 Å². The summed E-state index contributed by atoms with van der Waals surface area (Å²) in [7, 11) is 2.18. The normalized spacial score (nSPS) is 28.0. The summed E-state index contributed by atoms with van der Waals surface area (Å²) in [6.07, 6.45) is 7.88. The van der Waals surface area contributed by atoms with Gasteiger partial charge in [-0.3, -0.25) is 0 Å². The summed E-state index contributed by atoms with van der Waals surface area (Å²) in [4.78, 5) is 14.6. The first-order chi connectivity index (χ1) is 14.4. The van der Waals surface area contributed by atoms with Crippen LogP contribution in [0, 0.1) is 23.7 Å². The topological polar surface area (TPSA) is 32.8 Å². The third kappa shape index (κ3) is 10.4. The number of likely N-dealkylation sites (tertiary alicyclic amines) is 2. The Labute approximate surface area is 188 Å². The maximum Gasteiger partial charge on any atom is 0.127 e. The first-order valence-electron chi connectivity index (χ1n) is 12.6. The number of nitrogens with zero attached hydrogens (tertiary/aromatic N) is 2. The van der Waals surface area contributed by atoms with Crippen LogP contribution in [0.4, 0.5) is 0 Å². The van der Waals surface area contributed by atoms with Gasteiger partial charge in [0.15, 0.2) is 0 Å². The maximum absolute atomic E-state index is 9.71. The molecule has 0 radical (unpaired) electrons. The van der Waals surface area contributed by atoms with Crippen LogP contribution in [0.5, 0.6) is 0 Å². The third-order valence-corrected chi connectivity index (χ3v) is 6.21. The van der Waals surface area contributed by atoms with Crippen LogP contribution in [0.3, 0.4) is 0 Å². The van der Waals surface area contributed by atoms with Crippen molar-refractivity contribution in [3.63, 3.8) is 0 Å². The predicted molar refractivity (Wildman–Crippen MR) is 131 cm³/mol. The Morgan fingerprint density at radius 3 is 1.77 bits per heavy atom. The van der Waals surface area contributed by atoms with E-state index in [1.54, 1.807) is 0 Å². The van der Waals surface area contributed by atoms with Gasteiger partial charge in [-0.15, -0.1) is 0 Å². The van der Waals surface area contributed by atoms with Crippen molar-refractivity contribution < 1.29 is 9.53 Å². The van der Waals surface area contributed by atoms with E-state index < -0.39 is 0 Å². The van der Waals surface area contributed by atoms with E-state index in [0.717, 1.165) is 30.1 Å². The Morgan fingerprint density at radius 2 is 1.57 bits per heavy atom. The minimum Gasteiger partial charge on any atom is -0.380 e. The monoisotopic (exact) mass is 424 g/mol. The molecule has 30 heavy (non-hydrogen) atoms. The van der Waals surface area contributed by atoms with Gasteiger partial charge < -0.3 is 19.3 Å². The van der Waals surface area contributed by atoms with Crippen LogP contribution in [-0.4, -0.2) is 62.0 Å². The molecule has 3 heterocycles. The Balaban J connectivity index is 0.000000420. The number of carbonyl (C=O) groups is 1. The Kier molecular flexibility index (Phi) is 16.3. The lowest BCUT2D eigenvalue weighted by atomic mass is 9.82. The molecule has 0 N–H and O–H groups in total. The van der Waals surface area contributed by atoms with Gasteiger partial charge in [-0.2, -0.15) is 0 Å². The molecular weight excluding hydrogens is 372 g/mol. The van der Waals surface area contributed by atoms with Gasteiger partial charge in [-0.05, 0) is 64.0 Å². The Hall–Kier alpha value is -0.870. The summed E-state index contributed by atoms with van der Waals surface area (Å²) >= 11 is 0. The van der Waals surface area contributed by atoms with Crippen LogP contribution >= 0.6 is 0 Å². The van der Waals surface area contributed by atoms with E-state index in [0.29, 0.717) is 13.2 Å². The lowest BCUT2D eigenvalue weighted by Crippen LogP contribution is -2.32. The fourth-order valence-electron chi connectivity index (χ4n) is 4.16. The second-order valence-electron chi connectivity index (χ2n) is 9.05. The molecule has 0 aromatic carbocycles. The highest BCUT2D eigenvalue weighted by atomic mass is 16.5. The van der Waals surface area contributed by atoms with E-state index >= 15 is 0 Å². The summed E-state index contributed by atoms with van der Waals surface area (Å²) in [5.74, 6) is 2.86. The number of aldehydes is 1. The average molecular weight is 425 g/mol. The summed E-state index contributed by atoms with van der Waals surface area (Å²) in [6.45, 7) is 24.4. The number of ether oxygens (including phenoxy) is 1. The van der Waals surface area contributed by atoms with E-state index in [1.165, 1.54) is 57.4 Å². The standard InChI is InChI=1S/C12H21N.C6H13N.C4H6O2.2C2H6/c1-9-7-10(2)13(8-9)11(3)12-5-4-6-12;1-6-3-4-7(2)5-6;5-1-4-2-6-3-4;2*1-2/h9-10,12H,3-8H2,1-2H3;6H,3-5H2,1-2H3;1,4H,2-3H2;2*1-2H3. The minimum absolute atomic E-state index is 0.213. The van der Waals surface area contributed by atoms with E-state index in [-0.39, 0.29) is 5.92 Å². The van der Waals surface area contributed by atoms with Gasteiger partial charge in [0.05, 0.1) is 19.1 Å². The lowest BCUT2D eigenvalue weighted by Gasteiger charge is -2.36. The van der Waals surface area contributed by atoms with E-state index in [2.05, 4.69) is 44.2 Å². The van der Waals surface area contributed by atoms with E-state index in [1.807, 2.05) is 27.7 Å². The van der Waals surface area contributed by atoms with Gasteiger partial charge >= 0.3 is 0 Å². The second-order valence-corrected chi connectivity index (χ2v) is 9.05. The second kappa shape index (κ2) is 16.8. The van der Waals surface area contributed by atoms with E-state index in [4.69, 9.17) is 4.74 Å².